The molecule has 1 saturated heterocycles. The molecule has 0 spiro atoms. The summed E-state index contributed by atoms with van der Waals surface area (Å²) in [5.41, 5.74) is 0.906. The van der Waals surface area contributed by atoms with E-state index in [9.17, 15) is 9.59 Å². The number of amides is 2. The van der Waals surface area contributed by atoms with Crippen molar-refractivity contribution >= 4 is 23.8 Å². The van der Waals surface area contributed by atoms with Gasteiger partial charge in [-0.05, 0) is 11.8 Å². The van der Waals surface area contributed by atoms with E-state index in [4.69, 9.17) is 4.74 Å². The second-order valence-corrected chi connectivity index (χ2v) is 5.01. The third kappa shape index (κ3) is 2.59. The first-order valence-corrected chi connectivity index (χ1v) is 6.71. The van der Waals surface area contributed by atoms with Crippen LogP contribution in [-0.2, 0) is 16.1 Å². The SMILES string of the molecule is CS[C@@]1(NC(=O)OCc2ccccc2)CNC1=O. The summed E-state index contributed by atoms with van der Waals surface area (Å²) < 4.78 is 5.07. The van der Waals surface area contributed by atoms with Crippen molar-refractivity contribution in [3.63, 3.8) is 0 Å². The highest BCUT2D eigenvalue weighted by molar-refractivity contribution is 8.00. The first-order valence-electron chi connectivity index (χ1n) is 5.48. The molecule has 1 aromatic rings. The molecule has 1 atom stereocenters. The maximum atomic E-state index is 11.6. The number of alkyl carbamates (subject to hydrolysis) is 1. The Balaban J connectivity index is 1.84. The molecule has 0 aliphatic carbocycles. The quantitative estimate of drug-likeness (QED) is 0.632. The second kappa shape index (κ2) is 5.30. The summed E-state index contributed by atoms with van der Waals surface area (Å²) in [4.78, 5) is 22.1. The van der Waals surface area contributed by atoms with Gasteiger partial charge in [-0.25, -0.2) is 4.79 Å². The Morgan fingerprint density at radius 1 is 1.50 bits per heavy atom. The van der Waals surface area contributed by atoms with Gasteiger partial charge < -0.3 is 10.1 Å². The van der Waals surface area contributed by atoms with Crippen LogP contribution in [0.3, 0.4) is 0 Å². The van der Waals surface area contributed by atoms with Crippen LogP contribution >= 0.6 is 11.8 Å². The molecule has 0 unspecified atom stereocenters. The van der Waals surface area contributed by atoms with E-state index in [1.165, 1.54) is 11.8 Å². The molecule has 1 fully saturated rings. The summed E-state index contributed by atoms with van der Waals surface area (Å²) in [6.07, 6.45) is 1.19. The predicted molar refractivity (Wildman–Crippen MR) is 69.0 cm³/mol. The molecular weight excluding hydrogens is 252 g/mol. The van der Waals surface area contributed by atoms with Gasteiger partial charge in [0.15, 0.2) is 4.87 Å². The van der Waals surface area contributed by atoms with E-state index in [0.29, 0.717) is 6.54 Å². The number of hydrogen-bond donors (Lipinski definition) is 2. The van der Waals surface area contributed by atoms with E-state index in [1.807, 2.05) is 30.3 Å². The summed E-state index contributed by atoms with van der Waals surface area (Å²) in [6.45, 7) is 0.617. The van der Waals surface area contributed by atoms with Crippen molar-refractivity contribution in [2.75, 3.05) is 12.8 Å². The van der Waals surface area contributed by atoms with Crippen LogP contribution < -0.4 is 10.6 Å². The van der Waals surface area contributed by atoms with Crippen molar-refractivity contribution in [3.05, 3.63) is 35.9 Å². The average molecular weight is 266 g/mol. The minimum Gasteiger partial charge on any atom is -0.445 e. The summed E-state index contributed by atoms with van der Waals surface area (Å²) in [7, 11) is 0. The smallest absolute Gasteiger partial charge is 0.409 e. The van der Waals surface area contributed by atoms with Crippen molar-refractivity contribution in [2.24, 2.45) is 0 Å². The lowest BCUT2D eigenvalue weighted by atomic mass is 10.1. The van der Waals surface area contributed by atoms with Crippen molar-refractivity contribution in [1.29, 1.82) is 0 Å². The molecule has 1 heterocycles. The van der Waals surface area contributed by atoms with Gasteiger partial charge in [0.2, 0.25) is 0 Å². The third-order valence-electron chi connectivity index (χ3n) is 2.73. The molecule has 2 amide bonds. The Kier molecular flexibility index (Phi) is 3.76. The second-order valence-electron chi connectivity index (χ2n) is 3.90. The molecular formula is C12H14N2O3S. The van der Waals surface area contributed by atoms with E-state index >= 15 is 0 Å². The first-order chi connectivity index (χ1) is 8.66. The summed E-state index contributed by atoms with van der Waals surface area (Å²) in [5.74, 6) is -0.188. The standard InChI is InChI=1S/C12H14N2O3S/c1-18-12(8-13-10(12)15)14-11(16)17-7-9-5-3-2-4-6-9/h2-6H,7-8H2,1H3,(H,13,15)(H,14,16)/t12-/m0/s1. The van der Waals surface area contributed by atoms with E-state index in [1.54, 1.807) is 6.26 Å². The highest BCUT2D eigenvalue weighted by Gasteiger charge is 2.47. The minimum absolute atomic E-state index is 0.188. The maximum absolute atomic E-state index is 11.6. The zero-order valence-electron chi connectivity index (χ0n) is 9.93. The van der Waals surface area contributed by atoms with E-state index in [-0.39, 0.29) is 12.5 Å². The molecule has 0 radical (unpaired) electrons. The lowest BCUT2D eigenvalue weighted by Crippen LogP contribution is -2.71. The molecule has 0 bridgehead atoms. The van der Waals surface area contributed by atoms with E-state index < -0.39 is 11.0 Å². The number of thioether (sulfide) groups is 1. The number of ether oxygens (including phenoxy) is 1. The molecule has 2 N–H and O–H groups in total. The van der Waals surface area contributed by atoms with Crippen LogP contribution in [0.15, 0.2) is 30.3 Å². The van der Waals surface area contributed by atoms with E-state index in [0.717, 1.165) is 5.56 Å². The van der Waals surface area contributed by atoms with Gasteiger partial charge in [-0.1, -0.05) is 30.3 Å². The number of carbonyl (C=O) groups is 2. The highest BCUT2D eigenvalue weighted by Crippen LogP contribution is 2.25. The first kappa shape index (κ1) is 12.8. The summed E-state index contributed by atoms with van der Waals surface area (Å²) in [5, 5.41) is 5.19. The van der Waals surface area contributed by atoms with Crippen molar-refractivity contribution < 1.29 is 14.3 Å². The number of β-lactam (4-membered cyclic amide) rings is 1. The number of nitrogens with one attached hydrogen (secondary N) is 2. The Hall–Kier alpha value is -1.69. The predicted octanol–water partition coefficient (Wildman–Crippen LogP) is 1.10. The number of rotatable bonds is 4. The van der Waals surface area contributed by atoms with E-state index in [2.05, 4.69) is 10.6 Å². The minimum atomic E-state index is -0.867. The monoisotopic (exact) mass is 266 g/mol. The van der Waals surface area contributed by atoms with Gasteiger partial charge in [-0.3, -0.25) is 10.1 Å². The molecule has 0 saturated carbocycles. The molecule has 2 rings (SSSR count). The Morgan fingerprint density at radius 2 is 2.22 bits per heavy atom. The van der Waals surface area contributed by atoms with Crippen molar-refractivity contribution in [2.45, 2.75) is 11.5 Å². The van der Waals surface area contributed by atoms with Crippen LogP contribution in [0.1, 0.15) is 5.56 Å². The zero-order chi connectivity index (χ0) is 13.0. The maximum Gasteiger partial charge on any atom is 0.409 e. The third-order valence-corrected chi connectivity index (χ3v) is 3.86. The normalized spacial score (nSPS) is 21.7. The largest absolute Gasteiger partial charge is 0.445 e. The van der Waals surface area contributed by atoms with Gasteiger partial charge in [0.1, 0.15) is 6.61 Å². The zero-order valence-corrected chi connectivity index (χ0v) is 10.8. The molecule has 18 heavy (non-hydrogen) atoms. The fraction of sp³-hybridized carbons (Fsp3) is 0.333. The topological polar surface area (TPSA) is 67.4 Å². The van der Waals surface area contributed by atoms with Gasteiger partial charge in [0, 0.05) is 0 Å². The summed E-state index contributed by atoms with van der Waals surface area (Å²) >= 11 is 1.29. The van der Waals surface area contributed by atoms with Gasteiger partial charge in [-0.2, -0.15) is 0 Å². The molecule has 1 aliphatic heterocycles. The molecule has 96 valence electrons. The van der Waals surface area contributed by atoms with Crippen LogP contribution in [-0.4, -0.2) is 29.7 Å². The molecule has 0 aromatic heterocycles. The van der Waals surface area contributed by atoms with Crippen molar-refractivity contribution in [1.82, 2.24) is 10.6 Å². The number of hydrogen-bond acceptors (Lipinski definition) is 4. The van der Waals surface area contributed by atoms with Crippen LogP contribution in [0.5, 0.6) is 0 Å². The molecule has 1 aliphatic rings. The van der Waals surface area contributed by atoms with Crippen LogP contribution in [0.25, 0.3) is 0 Å². The van der Waals surface area contributed by atoms with Crippen LogP contribution in [0.2, 0.25) is 0 Å². The molecule has 6 heteroatoms. The number of benzene rings is 1. The average Bonchev–Trinajstić information content (AvgIpc) is 2.42. The lowest BCUT2D eigenvalue weighted by molar-refractivity contribution is -0.129. The van der Waals surface area contributed by atoms with Crippen molar-refractivity contribution in [3.8, 4) is 0 Å². The Labute approximate surface area is 109 Å². The molecule has 5 nitrogen and oxygen atoms in total. The Morgan fingerprint density at radius 3 is 2.72 bits per heavy atom. The summed E-state index contributed by atoms with van der Waals surface area (Å²) in [6, 6.07) is 9.38. The molecule has 1 aromatic carbocycles. The van der Waals surface area contributed by atoms with Gasteiger partial charge in [0.05, 0.1) is 6.54 Å². The van der Waals surface area contributed by atoms with Crippen LogP contribution in [0.4, 0.5) is 4.79 Å². The van der Waals surface area contributed by atoms with Crippen LogP contribution in [0, 0.1) is 0 Å². The fourth-order valence-electron chi connectivity index (χ4n) is 1.56. The van der Waals surface area contributed by atoms with Gasteiger partial charge in [-0.15, -0.1) is 11.8 Å². The highest BCUT2D eigenvalue weighted by atomic mass is 32.2. The number of carbonyl (C=O) groups excluding carboxylic acids is 2. The fourth-order valence-corrected chi connectivity index (χ4v) is 2.22. The van der Waals surface area contributed by atoms with Gasteiger partial charge >= 0.3 is 6.09 Å². The Bertz CT molecular complexity index is 448. The van der Waals surface area contributed by atoms with Gasteiger partial charge in [0.25, 0.3) is 5.91 Å². The lowest BCUT2D eigenvalue weighted by Gasteiger charge is -2.39.